The summed E-state index contributed by atoms with van der Waals surface area (Å²) in [4.78, 5) is 0. The number of hydrogen-bond donors (Lipinski definition) is 1. The van der Waals surface area contributed by atoms with Crippen molar-refractivity contribution in [2.24, 2.45) is 5.84 Å². The molecule has 1 heterocycles. The van der Waals surface area contributed by atoms with E-state index in [9.17, 15) is 0 Å². The zero-order chi connectivity index (χ0) is 6.32. The van der Waals surface area contributed by atoms with Gasteiger partial charge in [-0.25, -0.2) is 5.01 Å². The first-order valence-corrected chi connectivity index (χ1v) is 3.86. The van der Waals surface area contributed by atoms with Crippen LogP contribution in [0.15, 0.2) is 0 Å². The van der Waals surface area contributed by atoms with Gasteiger partial charge >= 0.3 is 0 Å². The van der Waals surface area contributed by atoms with Crippen molar-refractivity contribution in [1.29, 1.82) is 0 Å². The van der Waals surface area contributed by atoms with E-state index in [0.29, 0.717) is 5.54 Å². The van der Waals surface area contributed by atoms with Gasteiger partial charge in [0.1, 0.15) is 0 Å². The van der Waals surface area contributed by atoms with Crippen LogP contribution >= 0.6 is 0 Å². The predicted octanol–water partition coefficient (Wildman–Crippen LogP) is 0.879. The highest BCUT2D eigenvalue weighted by atomic mass is 15.5. The van der Waals surface area contributed by atoms with E-state index >= 15 is 0 Å². The maximum atomic E-state index is 5.75. The zero-order valence-corrected chi connectivity index (χ0v) is 5.77. The normalized spacial score (nSPS) is 33.0. The van der Waals surface area contributed by atoms with E-state index in [1.807, 2.05) is 5.01 Å². The summed E-state index contributed by atoms with van der Waals surface area (Å²) in [7, 11) is 0. The molecule has 0 atom stereocenters. The van der Waals surface area contributed by atoms with Gasteiger partial charge in [0.15, 0.2) is 0 Å². The molecule has 1 aliphatic heterocycles. The largest absolute Gasteiger partial charge is 0.268 e. The first-order valence-electron chi connectivity index (χ1n) is 3.86. The fraction of sp³-hybridized carbons (Fsp3) is 1.00. The highest BCUT2D eigenvalue weighted by Crippen LogP contribution is 2.42. The smallest absolute Gasteiger partial charge is 0.0364 e. The summed E-state index contributed by atoms with van der Waals surface area (Å²) in [5.41, 5.74) is 0.486. The van der Waals surface area contributed by atoms with Crippen LogP contribution in [-0.2, 0) is 0 Å². The van der Waals surface area contributed by atoms with Crippen LogP contribution < -0.4 is 5.84 Å². The highest BCUT2D eigenvalue weighted by molar-refractivity contribution is 4.99. The second-order valence-electron chi connectivity index (χ2n) is 3.37. The number of nitrogens with zero attached hydrogens (tertiary/aromatic N) is 1. The van der Waals surface area contributed by atoms with E-state index in [-0.39, 0.29) is 0 Å². The first kappa shape index (κ1) is 5.69. The van der Waals surface area contributed by atoms with Crippen molar-refractivity contribution >= 4 is 0 Å². The average molecular weight is 126 g/mol. The first-order chi connectivity index (χ1) is 4.33. The zero-order valence-electron chi connectivity index (χ0n) is 5.77. The maximum Gasteiger partial charge on any atom is 0.0364 e. The maximum absolute atomic E-state index is 5.75. The van der Waals surface area contributed by atoms with Crippen molar-refractivity contribution in [2.45, 2.75) is 37.6 Å². The van der Waals surface area contributed by atoms with E-state index in [0.717, 1.165) is 6.54 Å². The molecular weight excluding hydrogens is 112 g/mol. The van der Waals surface area contributed by atoms with Gasteiger partial charge in [-0.3, -0.25) is 5.84 Å². The molecule has 1 saturated heterocycles. The lowest BCUT2D eigenvalue weighted by Crippen LogP contribution is -2.61. The molecule has 2 heteroatoms. The molecule has 2 nitrogen and oxygen atoms in total. The van der Waals surface area contributed by atoms with Gasteiger partial charge in [-0.05, 0) is 19.3 Å². The minimum Gasteiger partial charge on any atom is -0.268 e. The van der Waals surface area contributed by atoms with Crippen LogP contribution in [0.4, 0.5) is 0 Å². The van der Waals surface area contributed by atoms with Gasteiger partial charge in [0.25, 0.3) is 0 Å². The quantitative estimate of drug-likeness (QED) is 0.488. The average Bonchev–Trinajstić information content (AvgIpc) is 2.34. The lowest BCUT2D eigenvalue weighted by molar-refractivity contribution is -0.0100. The Labute approximate surface area is 56.0 Å². The summed E-state index contributed by atoms with van der Waals surface area (Å²) in [6.45, 7) is 1.12. The minimum atomic E-state index is 0.486. The lowest BCUT2D eigenvalue weighted by Gasteiger charge is -2.47. The SMILES string of the molecule is NN1CCC12CCCC2. The molecule has 0 aromatic heterocycles. The third kappa shape index (κ3) is 0.634. The summed E-state index contributed by atoms with van der Waals surface area (Å²) >= 11 is 0. The third-order valence-corrected chi connectivity index (χ3v) is 2.96. The Kier molecular flexibility index (Phi) is 1.08. The van der Waals surface area contributed by atoms with Crippen LogP contribution in [0.3, 0.4) is 0 Å². The molecule has 0 aromatic rings. The monoisotopic (exact) mass is 126 g/mol. The Hall–Kier alpha value is -0.0800. The molecule has 52 valence electrons. The molecule has 0 bridgehead atoms. The molecule has 0 aromatic carbocycles. The Morgan fingerprint density at radius 1 is 1.11 bits per heavy atom. The molecule has 1 aliphatic carbocycles. The molecule has 0 unspecified atom stereocenters. The van der Waals surface area contributed by atoms with E-state index in [2.05, 4.69) is 0 Å². The second-order valence-corrected chi connectivity index (χ2v) is 3.37. The molecule has 1 saturated carbocycles. The number of rotatable bonds is 0. The van der Waals surface area contributed by atoms with Crippen molar-refractivity contribution in [3.63, 3.8) is 0 Å². The molecular formula is C7H14N2. The molecule has 2 aliphatic rings. The Balaban J connectivity index is 2.06. The summed E-state index contributed by atoms with van der Waals surface area (Å²) in [6.07, 6.45) is 6.85. The molecule has 1 spiro atoms. The lowest BCUT2D eigenvalue weighted by atomic mass is 9.85. The molecule has 2 fully saturated rings. The standard InChI is InChI=1S/C7H14N2/c8-9-6-5-7(9)3-1-2-4-7/h1-6,8H2. The van der Waals surface area contributed by atoms with E-state index in [4.69, 9.17) is 5.84 Å². The molecule has 2 N–H and O–H groups in total. The Morgan fingerprint density at radius 2 is 1.78 bits per heavy atom. The molecule has 2 rings (SSSR count). The number of nitrogens with two attached hydrogens (primary N) is 1. The van der Waals surface area contributed by atoms with Crippen LogP contribution in [0.1, 0.15) is 32.1 Å². The second kappa shape index (κ2) is 1.70. The highest BCUT2D eigenvalue weighted by Gasteiger charge is 2.44. The minimum absolute atomic E-state index is 0.486. The molecule has 0 radical (unpaired) electrons. The van der Waals surface area contributed by atoms with Gasteiger partial charge in [-0.1, -0.05) is 12.8 Å². The van der Waals surface area contributed by atoms with Crippen LogP contribution in [0.25, 0.3) is 0 Å². The number of hydrazine groups is 1. The van der Waals surface area contributed by atoms with Gasteiger partial charge in [0.05, 0.1) is 0 Å². The van der Waals surface area contributed by atoms with Crippen LogP contribution in [-0.4, -0.2) is 17.1 Å². The summed E-state index contributed by atoms with van der Waals surface area (Å²) < 4.78 is 0. The van der Waals surface area contributed by atoms with Gasteiger partial charge < -0.3 is 0 Å². The van der Waals surface area contributed by atoms with Crippen LogP contribution in [0.2, 0.25) is 0 Å². The predicted molar refractivity (Wildman–Crippen MR) is 36.7 cm³/mol. The topological polar surface area (TPSA) is 29.3 Å². The van der Waals surface area contributed by atoms with Gasteiger partial charge in [0.2, 0.25) is 0 Å². The summed E-state index contributed by atoms with van der Waals surface area (Å²) in [6, 6.07) is 0. The Bertz CT molecular complexity index is 116. The van der Waals surface area contributed by atoms with Crippen molar-refractivity contribution in [3.8, 4) is 0 Å². The van der Waals surface area contributed by atoms with Crippen LogP contribution in [0, 0.1) is 0 Å². The van der Waals surface area contributed by atoms with Crippen molar-refractivity contribution < 1.29 is 0 Å². The molecule has 0 amide bonds. The van der Waals surface area contributed by atoms with Gasteiger partial charge in [-0.2, -0.15) is 0 Å². The van der Waals surface area contributed by atoms with Crippen molar-refractivity contribution in [2.75, 3.05) is 6.54 Å². The van der Waals surface area contributed by atoms with E-state index < -0.39 is 0 Å². The van der Waals surface area contributed by atoms with Crippen molar-refractivity contribution in [3.05, 3.63) is 0 Å². The van der Waals surface area contributed by atoms with Gasteiger partial charge in [0, 0.05) is 12.1 Å². The third-order valence-electron chi connectivity index (χ3n) is 2.96. The van der Waals surface area contributed by atoms with Gasteiger partial charge in [-0.15, -0.1) is 0 Å². The van der Waals surface area contributed by atoms with E-state index in [1.165, 1.54) is 32.1 Å². The van der Waals surface area contributed by atoms with Crippen molar-refractivity contribution in [1.82, 2.24) is 5.01 Å². The van der Waals surface area contributed by atoms with E-state index in [1.54, 1.807) is 0 Å². The fourth-order valence-electron chi connectivity index (χ4n) is 2.13. The summed E-state index contributed by atoms with van der Waals surface area (Å²) in [5, 5.41) is 2.04. The van der Waals surface area contributed by atoms with Crippen LogP contribution in [0.5, 0.6) is 0 Å². The summed E-state index contributed by atoms with van der Waals surface area (Å²) in [5.74, 6) is 5.75. The Morgan fingerprint density at radius 3 is 2.00 bits per heavy atom. The molecule has 9 heavy (non-hydrogen) atoms. The number of hydrogen-bond acceptors (Lipinski definition) is 2. The fourth-order valence-corrected chi connectivity index (χ4v) is 2.13.